The summed E-state index contributed by atoms with van der Waals surface area (Å²) >= 11 is 0. The average Bonchev–Trinajstić information content (AvgIpc) is 2.30. The maximum Gasteiger partial charge on any atom is 0.0400 e. The van der Waals surface area contributed by atoms with Crippen molar-refractivity contribution in [3.63, 3.8) is 0 Å². The van der Waals surface area contributed by atoms with Crippen molar-refractivity contribution in [3.8, 4) is 0 Å². The first kappa shape index (κ1) is 11.5. The number of aryl methyl sites for hydroxylation is 2. The molecule has 17 heavy (non-hydrogen) atoms. The van der Waals surface area contributed by atoms with Crippen molar-refractivity contribution in [1.29, 1.82) is 0 Å². The van der Waals surface area contributed by atoms with E-state index in [2.05, 4.69) is 43.4 Å². The Morgan fingerprint density at radius 1 is 1.00 bits per heavy atom. The molecule has 0 atom stereocenters. The molecular weight excluding hydrogens is 208 g/mol. The van der Waals surface area contributed by atoms with Crippen LogP contribution in [0.15, 0.2) is 42.5 Å². The van der Waals surface area contributed by atoms with Gasteiger partial charge >= 0.3 is 0 Å². The minimum atomic E-state index is 0.809. The van der Waals surface area contributed by atoms with Gasteiger partial charge in [0.1, 0.15) is 0 Å². The molecule has 0 aromatic heterocycles. The van der Waals surface area contributed by atoms with Crippen LogP contribution in [0.5, 0.6) is 0 Å². The van der Waals surface area contributed by atoms with Crippen molar-refractivity contribution in [2.45, 2.75) is 20.4 Å². The largest absolute Gasteiger partial charge is 0.399 e. The second-order valence-electron chi connectivity index (χ2n) is 4.41. The van der Waals surface area contributed by atoms with Crippen LogP contribution in [0.2, 0.25) is 0 Å². The second kappa shape index (κ2) is 4.91. The Balaban J connectivity index is 2.04. The topological polar surface area (TPSA) is 38.0 Å². The third-order valence-electron chi connectivity index (χ3n) is 2.85. The molecule has 2 heteroatoms. The van der Waals surface area contributed by atoms with Gasteiger partial charge in [-0.1, -0.05) is 29.8 Å². The highest BCUT2D eigenvalue weighted by Crippen LogP contribution is 2.18. The summed E-state index contributed by atoms with van der Waals surface area (Å²) in [5.74, 6) is 0. The lowest BCUT2D eigenvalue weighted by atomic mass is 10.1. The fraction of sp³-hybridized carbons (Fsp3) is 0.200. The van der Waals surface area contributed by atoms with Crippen LogP contribution in [-0.2, 0) is 6.54 Å². The summed E-state index contributed by atoms with van der Waals surface area (Å²) < 4.78 is 0. The van der Waals surface area contributed by atoms with Crippen LogP contribution in [0, 0.1) is 13.8 Å². The number of hydrogen-bond acceptors (Lipinski definition) is 2. The molecule has 0 amide bonds. The smallest absolute Gasteiger partial charge is 0.0400 e. The van der Waals surface area contributed by atoms with Crippen molar-refractivity contribution >= 4 is 11.4 Å². The van der Waals surface area contributed by atoms with Gasteiger partial charge in [-0.2, -0.15) is 0 Å². The van der Waals surface area contributed by atoms with E-state index in [1.807, 2.05) is 18.2 Å². The Kier molecular flexibility index (Phi) is 3.33. The third-order valence-corrected chi connectivity index (χ3v) is 2.85. The van der Waals surface area contributed by atoms with Crippen LogP contribution in [0.25, 0.3) is 0 Å². The van der Waals surface area contributed by atoms with Gasteiger partial charge in [0.05, 0.1) is 0 Å². The van der Waals surface area contributed by atoms with E-state index in [-0.39, 0.29) is 0 Å². The predicted molar refractivity (Wildman–Crippen MR) is 74.1 cm³/mol. The van der Waals surface area contributed by atoms with Crippen LogP contribution in [0.4, 0.5) is 11.4 Å². The van der Waals surface area contributed by atoms with E-state index in [0.29, 0.717) is 0 Å². The maximum absolute atomic E-state index is 5.72. The summed E-state index contributed by atoms with van der Waals surface area (Å²) in [6.45, 7) is 5.00. The Bertz CT molecular complexity index is 501. The molecular formula is C15H18N2. The number of nitrogens with two attached hydrogens (primary N) is 1. The Labute approximate surface area is 102 Å². The Morgan fingerprint density at radius 3 is 2.35 bits per heavy atom. The quantitative estimate of drug-likeness (QED) is 0.786. The molecule has 3 N–H and O–H groups in total. The van der Waals surface area contributed by atoms with Gasteiger partial charge in [0.25, 0.3) is 0 Å². The highest BCUT2D eigenvalue weighted by atomic mass is 14.9. The van der Waals surface area contributed by atoms with Gasteiger partial charge in [0, 0.05) is 17.9 Å². The summed E-state index contributed by atoms with van der Waals surface area (Å²) in [5.41, 5.74) is 11.4. The van der Waals surface area contributed by atoms with Crippen molar-refractivity contribution in [2.24, 2.45) is 0 Å². The molecule has 0 aliphatic rings. The first-order valence-corrected chi connectivity index (χ1v) is 5.81. The molecule has 0 unspecified atom stereocenters. The van der Waals surface area contributed by atoms with Gasteiger partial charge in [-0.15, -0.1) is 0 Å². The maximum atomic E-state index is 5.72. The summed E-state index contributed by atoms with van der Waals surface area (Å²) in [7, 11) is 0. The highest BCUT2D eigenvalue weighted by molar-refractivity contribution is 5.57. The SMILES string of the molecule is Cc1ccc(CNc2ccc(N)cc2C)cc1. The van der Waals surface area contributed by atoms with E-state index >= 15 is 0 Å². The molecule has 0 heterocycles. The van der Waals surface area contributed by atoms with Crippen LogP contribution in [-0.4, -0.2) is 0 Å². The van der Waals surface area contributed by atoms with Crippen LogP contribution >= 0.6 is 0 Å². The zero-order chi connectivity index (χ0) is 12.3. The van der Waals surface area contributed by atoms with Crippen LogP contribution < -0.4 is 11.1 Å². The Hall–Kier alpha value is -1.96. The van der Waals surface area contributed by atoms with Crippen molar-refractivity contribution in [2.75, 3.05) is 11.1 Å². The zero-order valence-corrected chi connectivity index (χ0v) is 10.3. The highest BCUT2D eigenvalue weighted by Gasteiger charge is 1.98. The first-order valence-electron chi connectivity index (χ1n) is 5.81. The lowest BCUT2D eigenvalue weighted by Crippen LogP contribution is -2.01. The van der Waals surface area contributed by atoms with E-state index in [0.717, 1.165) is 17.9 Å². The monoisotopic (exact) mass is 226 g/mol. The molecule has 0 spiro atoms. The normalized spacial score (nSPS) is 10.2. The minimum absolute atomic E-state index is 0.809. The van der Waals surface area contributed by atoms with Crippen LogP contribution in [0.3, 0.4) is 0 Å². The molecule has 2 nitrogen and oxygen atoms in total. The summed E-state index contributed by atoms with van der Waals surface area (Å²) in [6, 6.07) is 14.5. The van der Waals surface area contributed by atoms with E-state index in [4.69, 9.17) is 5.73 Å². The minimum Gasteiger partial charge on any atom is -0.399 e. The second-order valence-corrected chi connectivity index (χ2v) is 4.41. The van der Waals surface area contributed by atoms with Crippen molar-refractivity contribution in [1.82, 2.24) is 0 Å². The number of nitrogen functional groups attached to an aromatic ring is 1. The van der Waals surface area contributed by atoms with Crippen molar-refractivity contribution < 1.29 is 0 Å². The van der Waals surface area contributed by atoms with E-state index in [9.17, 15) is 0 Å². The standard InChI is InChI=1S/C15H18N2/c1-11-3-5-13(6-4-11)10-17-15-8-7-14(16)9-12(15)2/h3-9,17H,10,16H2,1-2H3. The lowest BCUT2D eigenvalue weighted by molar-refractivity contribution is 1.14. The van der Waals surface area contributed by atoms with E-state index in [1.165, 1.54) is 16.7 Å². The number of anilines is 2. The predicted octanol–water partition coefficient (Wildman–Crippen LogP) is 3.50. The molecule has 2 aromatic rings. The zero-order valence-electron chi connectivity index (χ0n) is 10.3. The number of hydrogen-bond donors (Lipinski definition) is 2. The molecule has 0 saturated heterocycles. The first-order chi connectivity index (χ1) is 8.15. The van der Waals surface area contributed by atoms with Gasteiger partial charge in [-0.05, 0) is 43.2 Å². The van der Waals surface area contributed by atoms with E-state index < -0.39 is 0 Å². The molecule has 0 bridgehead atoms. The van der Waals surface area contributed by atoms with Gasteiger partial charge in [0.15, 0.2) is 0 Å². The lowest BCUT2D eigenvalue weighted by Gasteiger charge is -2.10. The summed E-state index contributed by atoms with van der Waals surface area (Å²) in [5, 5.41) is 3.42. The van der Waals surface area contributed by atoms with Gasteiger partial charge in [-0.25, -0.2) is 0 Å². The van der Waals surface area contributed by atoms with Gasteiger partial charge in [-0.3, -0.25) is 0 Å². The molecule has 0 aliphatic carbocycles. The molecule has 0 fully saturated rings. The number of benzene rings is 2. The van der Waals surface area contributed by atoms with Gasteiger partial charge < -0.3 is 11.1 Å². The fourth-order valence-corrected chi connectivity index (χ4v) is 1.79. The van der Waals surface area contributed by atoms with Crippen molar-refractivity contribution in [3.05, 3.63) is 59.2 Å². The Morgan fingerprint density at radius 2 is 1.71 bits per heavy atom. The summed E-state index contributed by atoms with van der Waals surface area (Å²) in [6.07, 6.45) is 0. The van der Waals surface area contributed by atoms with Gasteiger partial charge in [0.2, 0.25) is 0 Å². The third kappa shape index (κ3) is 3.00. The molecule has 0 aliphatic heterocycles. The van der Waals surface area contributed by atoms with E-state index in [1.54, 1.807) is 0 Å². The molecule has 0 saturated carbocycles. The van der Waals surface area contributed by atoms with Crippen LogP contribution in [0.1, 0.15) is 16.7 Å². The number of nitrogens with one attached hydrogen (secondary N) is 1. The molecule has 2 rings (SSSR count). The average molecular weight is 226 g/mol. The molecule has 2 aromatic carbocycles. The fourth-order valence-electron chi connectivity index (χ4n) is 1.79. The number of rotatable bonds is 3. The molecule has 0 radical (unpaired) electrons. The molecule has 88 valence electrons. The summed E-state index contributed by atoms with van der Waals surface area (Å²) in [4.78, 5) is 0.